The molecule has 0 amide bonds. The van der Waals surface area contributed by atoms with E-state index in [-0.39, 0.29) is 5.75 Å². The first-order valence-electron chi connectivity index (χ1n) is 6.66. The monoisotopic (exact) mass is 300 g/mol. The molecule has 2 aromatic carbocycles. The number of aryl methyl sites for hydroxylation is 2. The van der Waals surface area contributed by atoms with E-state index in [1.165, 1.54) is 0 Å². The van der Waals surface area contributed by atoms with E-state index in [0.29, 0.717) is 4.90 Å². The van der Waals surface area contributed by atoms with Crippen molar-refractivity contribution in [1.29, 1.82) is 0 Å². The Morgan fingerprint density at radius 1 is 1.10 bits per heavy atom. The fourth-order valence-corrected chi connectivity index (χ4v) is 3.67. The molecule has 4 nitrogen and oxygen atoms in total. The quantitative estimate of drug-likeness (QED) is 0.747. The van der Waals surface area contributed by atoms with E-state index in [1.54, 1.807) is 16.8 Å². The van der Waals surface area contributed by atoms with Crippen molar-refractivity contribution in [1.82, 2.24) is 9.78 Å². The molecule has 0 bridgehead atoms. The molecule has 21 heavy (non-hydrogen) atoms. The van der Waals surface area contributed by atoms with Gasteiger partial charge in [0.2, 0.25) is 0 Å². The van der Waals surface area contributed by atoms with Crippen LogP contribution >= 0.6 is 0 Å². The molecule has 0 N–H and O–H groups in total. The predicted octanol–water partition coefficient (Wildman–Crippen LogP) is 2.86. The molecule has 0 unspecified atom stereocenters. The van der Waals surface area contributed by atoms with E-state index in [2.05, 4.69) is 5.10 Å². The molecule has 0 atom stereocenters. The molecule has 5 heteroatoms. The average Bonchev–Trinajstić information content (AvgIpc) is 2.78. The first kappa shape index (κ1) is 13.8. The van der Waals surface area contributed by atoms with Crippen molar-refractivity contribution in [3.8, 4) is 0 Å². The number of rotatable bonds is 3. The zero-order valence-corrected chi connectivity index (χ0v) is 12.8. The minimum absolute atomic E-state index is 0.000888. The van der Waals surface area contributed by atoms with Gasteiger partial charge in [0.15, 0.2) is 9.84 Å². The standard InChI is InChI=1S/C16H16N2O2S/c1-12-3-6-15(7-4-12)21(19,20)11-13-5-8-16-14(9-13)10-18(2)17-16/h3-10H,11H2,1-2H3. The van der Waals surface area contributed by atoms with Gasteiger partial charge in [0.25, 0.3) is 0 Å². The van der Waals surface area contributed by atoms with Crippen molar-refractivity contribution in [3.63, 3.8) is 0 Å². The molecule has 108 valence electrons. The van der Waals surface area contributed by atoms with E-state index >= 15 is 0 Å². The maximum atomic E-state index is 12.4. The van der Waals surface area contributed by atoms with Crippen LogP contribution < -0.4 is 0 Å². The Bertz CT molecular complexity index is 894. The highest BCUT2D eigenvalue weighted by molar-refractivity contribution is 7.90. The summed E-state index contributed by atoms with van der Waals surface area (Å²) in [6, 6.07) is 12.5. The molecule has 0 aliphatic rings. The maximum absolute atomic E-state index is 12.4. The summed E-state index contributed by atoms with van der Waals surface area (Å²) in [5.74, 6) is 0.000888. The summed E-state index contributed by atoms with van der Waals surface area (Å²) in [6.07, 6.45) is 1.89. The second-order valence-corrected chi connectivity index (χ2v) is 7.26. The van der Waals surface area contributed by atoms with Gasteiger partial charge in [-0.05, 0) is 36.8 Å². The first-order chi connectivity index (χ1) is 9.94. The average molecular weight is 300 g/mol. The molecule has 1 aromatic heterocycles. The van der Waals surface area contributed by atoms with E-state index in [1.807, 2.05) is 50.5 Å². The summed E-state index contributed by atoms with van der Waals surface area (Å²) in [6.45, 7) is 1.94. The van der Waals surface area contributed by atoms with Crippen LogP contribution in [-0.4, -0.2) is 18.2 Å². The number of hydrogen-bond acceptors (Lipinski definition) is 3. The van der Waals surface area contributed by atoms with E-state index in [4.69, 9.17) is 0 Å². The minimum Gasteiger partial charge on any atom is -0.275 e. The predicted molar refractivity (Wildman–Crippen MR) is 82.8 cm³/mol. The summed E-state index contributed by atoms with van der Waals surface area (Å²) >= 11 is 0. The lowest BCUT2D eigenvalue weighted by Crippen LogP contribution is -2.04. The Hall–Kier alpha value is -2.14. The summed E-state index contributed by atoms with van der Waals surface area (Å²) in [5.41, 5.74) is 2.69. The lowest BCUT2D eigenvalue weighted by molar-refractivity contribution is 0.595. The molecule has 0 fully saturated rings. The van der Waals surface area contributed by atoms with Crippen molar-refractivity contribution in [2.24, 2.45) is 7.05 Å². The highest BCUT2D eigenvalue weighted by Gasteiger charge is 2.15. The third-order valence-electron chi connectivity index (χ3n) is 3.42. The van der Waals surface area contributed by atoms with Crippen LogP contribution in [0.25, 0.3) is 10.9 Å². The largest absolute Gasteiger partial charge is 0.275 e. The second kappa shape index (κ2) is 5.00. The van der Waals surface area contributed by atoms with Crippen molar-refractivity contribution in [2.75, 3.05) is 0 Å². The lowest BCUT2D eigenvalue weighted by atomic mass is 10.2. The Labute approximate surface area is 123 Å². The van der Waals surface area contributed by atoms with Gasteiger partial charge in [-0.25, -0.2) is 8.42 Å². The van der Waals surface area contributed by atoms with Crippen molar-refractivity contribution in [2.45, 2.75) is 17.6 Å². The molecule has 3 rings (SSSR count). The van der Waals surface area contributed by atoms with Crippen LogP contribution in [0.5, 0.6) is 0 Å². The van der Waals surface area contributed by atoms with Gasteiger partial charge in [0.05, 0.1) is 16.2 Å². The number of hydrogen-bond donors (Lipinski definition) is 0. The van der Waals surface area contributed by atoms with Crippen LogP contribution in [0.2, 0.25) is 0 Å². The molecule has 3 aromatic rings. The number of sulfone groups is 1. The van der Waals surface area contributed by atoms with Crippen molar-refractivity contribution in [3.05, 3.63) is 59.8 Å². The summed E-state index contributed by atoms with van der Waals surface area (Å²) < 4.78 is 26.6. The van der Waals surface area contributed by atoms with Crippen LogP contribution in [0.4, 0.5) is 0 Å². The highest BCUT2D eigenvalue weighted by atomic mass is 32.2. The fraction of sp³-hybridized carbons (Fsp3) is 0.188. The smallest absolute Gasteiger partial charge is 0.182 e. The maximum Gasteiger partial charge on any atom is 0.182 e. The molecule has 0 saturated carbocycles. The zero-order chi connectivity index (χ0) is 15.0. The Morgan fingerprint density at radius 2 is 1.81 bits per heavy atom. The molecule has 0 saturated heterocycles. The van der Waals surface area contributed by atoms with Gasteiger partial charge in [-0.3, -0.25) is 4.68 Å². The topological polar surface area (TPSA) is 52.0 Å². The van der Waals surface area contributed by atoms with Gasteiger partial charge in [0.1, 0.15) is 0 Å². The molecular formula is C16H16N2O2S. The fourth-order valence-electron chi connectivity index (χ4n) is 2.34. The van der Waals surface area contributed by atoms with Crippen LogP contribution in [0.15, 0.2) is 53.6 Å². The number of benzene rings is 2. The van der Waals surface area contributed by atoms with Gasteiger partial charge in [0, 0.05) is 18.6 Å². The van der Waals surface area contributed by atoms with Gasteiger partial charge >= 0.3 is 0 Å². The third kappa shape index (κ3) is 2.83. The molecular weight excluding hydrogens is 284 g/mol. The Balaban J connectivity index is 1.94. The Morgan fingerprint density at radius 3 is 2.52 bits per heavy atom. The summed E-state index contributed by atoms with van der Waals surface area (Å²) in [5, 5.41) is 5.24. The SMILES string of the molecule is Cc1ccc(S(=O)(=O)Cc2ccc3nn(C)cc3c2)cc1. The van der Waals surface area contributed by atoms with E-state index in [9.17, 15) is 8.42 Å². The minimum atomic E-state index is -3.32. The normalized spacial score (nSPS) is 11.9. The summed E-state index contributed by atoms with van der Waals surface area (Å²) in [4.78, 5) is 0.361. The van der Waals surface area contributed by atoms with Crippen LogP contribution in [0.1, 0.15) is 11.1 Å². The van der Waals surface area contributed by atoms with E-state index in [0.717, 1.165) is 22.0 Å². The van der Waals surface area contributed by atoms with Crippen LogP contribution in [-0.2, 0) is 22.6 Å². The molecule has 0 spiro atoms. The van der Waals surface area contributed by atoms with Crippen molar-refractivity contribution < 1.29 is 8.42 Å². The van der Waals surface area contributed by atoms with Crippen molar-refractivity contribution >= 4 is 20.7 Å². The number of aromatic nitrogens is 2. The number of nitrogens with zero attached hydrogens (tertiary/aromatic N) is 2. The first-order valence-corrected chi connectivity index (χ1v) is 8.31. The van der Waals surface area contributed by atoms with Gasteiger partial charge in [-0.2, -0.15) is 5.10 Å². The van der Waals surface area contributed by atoms with Crippen LogP contribution in [0.3, 0.4) is 0 Å². The molecule has 0 radical (unpaired) electrons. The molecule has 0 aliphatic carbocycles. The van der Waals surface area contributed by atoms with Gasteiger partial charge < -0.3 is 0 Å². The van der Waals surface area contributed by atoms with E-state index < -0.39 is 9.84 Å². The lowest BCUT2D eigenvalue weighted by Gasteiger charge is -2.05. The molecule has 0 aliphatic heterocycles. The van der Waals surface area contributed by atoms with Crippen LogP contribution in [0, 0.1) is 6.92 Å². The van der Waals surface area contributed by atoms with Gasteiger partial charge in [-0.1, -0.05) is 23.8 Å². The van der Waals surface area contributed by atoms with Gasteiger partial charge in [-0.15, -0.1) is 0 Å². The zero-order valence-electron chi connectivity index (χ0n) is 11.9. The number of fused-ring (bicyclic) bond motifs is 1. The third-order valence-corrected chi connectivity index (χ3v) is 5.12. The second-order valence-electron chi connectivity index (χ2n) is 5.27. The molecule has 1 heterocycles. The highest BCUT2D eigenvalue weighted by Crippen LogP contribution is 2.20. The Kier molecular flexibility index (Phi) is 3.29. The summed E-state index contributed by atoms with van der Waals surface area (Å²) in [7, 11) is -1.47.